The van der Waals surface area contributed by atoms with E-state index in [4.69, 9.17) is 11.6 Å². The molecule has 0 atom stereocenters. The van der Waals surface area contributed by atoms with E-state index in [-0.39, 0.29) is 16.5 Å². The smallest absolute Gasteiger partial charge is 0.269 e. The van der Waals surface area contributed by atoms with Crippen LogP contribution in [0.4, 0.5) is 0 Å². The number of halogens is 1. The predicted octanol–water partition coefficient (Wildman–Crippen LogP) is 2.66. The number of aryl methyl sites for hydroxylation is 2. The lowest BCUT2D eigenvalue weighted by Crippen LogP contribution is -2.27. The van der Waals surface area contributed by atoms with Gasteiger partial charge < -0.3 is 5.11 Å². The van der Waals surface area contributed by atoms with Crippen molar-refractivity contribution in [2.45, 2.75) is 27.2 Å². The number of hydrogen-bond donors (Lipinski definition) is 1. The molecule has 2 heterocycles. The lowest BCUT2D eigenvalue weighted by Gasteiger charge is -2.16. The van der Waals surface area contributed by atoms with Crippen molar-refractivity contribution >= 4 is 17.4 Å². The molecule has 0 aliphatic rings. The first kappa shape index (κ1) is 15.3. The molecule has 0 amide bonds. The van der Waals surface area contributed by atoms with Gasteiger partial charge in [-0.15, -0.1) is 0 Å². The van der Waals surface area contributed by atoms with E-state index in [0.717, 1.165) is 5.56 Å². The second-order valence-electron chi connectivity index (χ2n) is 4.74. The van der Waals surface area contributed by atoms with Gasteiger partial charge in [-0.3, -0.25) is 14.2 Å². The third-order valence-electron chi connectivity index (χ3n) is 3.26. The first-order valence-electron chi connectivity index (χ1n) is 6.48. The van der Waals surface area contributed by atoms with Crippen molar-refractivity contribution in [3.63, 3.8) is 0 Å². The molecule has 2 rings (SSSR count). The molecule has 1 N–H and O–H groups in total. The van der Waals surface area contributed by atoms with E-state index >= 15 is 0 Å². The van der Waals surface area contributed by atoms with Crippen LogP contribution >= 0.6 is 11.6 Å². The minimum absolute atomic E-state index is 0.223. The van der Waals surface area contributed by atoms with Crippen molar-refractivity contribution in [1.82, 2.24) is 9.55 Å². The van der Waals surface area contributed by atoms with Gasteiger partial charge in [0.25, 0.3) is 5.56 Å². The third kappa shape index (κ3) is 2.69. The van der Waals surface area contributed by atoms with E-state index in [1.165, 1.54) is 17.6 Å². The molecule has 2 aromatic rings. The van der Waals surface area contributed by atoms with Gasteiger partial charge in [-0.25, -0.2) is 4.98 Å². The van der Waals surface area contributed by atoms with Crippen LogP contribution in [0.2, 0.25) is 5.15 Å². The number of pyridine rings is 2. The summed E-state index contributed by atoms with van der Waals surface area (Å²) in [6.07, 6.45) is 2.07. The number of hydrogen-bond acceptors (Lipinski definition) is 4. The zero-order valence-electron chi connectivity index (χ0n) is 12.0. The Bertz CT molecular complexity index is 781. The van der Waals surface area contributed by atoms with Gasteiger partial charge in [-0.1, -0.05) is 18.5 Å². The van der Waals surface area contributed by atoms with Gasteiger partial charge >= 0.3 is 0 Å². The van der Waals surface area contributed by atoms with E-state index < -0.39 is 11.3 Å². The quantitative estimate of drug-likeness (QED) is 0.699. The summed E-state index contributed by atoms with van der Waals surface area (Å²) in [5.41, 5.74) is 1.12. The van der Waals surface area contributed by atoms with Crippen molar-refractivity contribution in [1.29, 1.82) is 0 Å². The molecule has 0 aliphatic carbocycles. The second kappa shape index (κ2) is 5.69. The van der Waals surface area contributed by atoms with E-state index in [1.54, 1.807) is 19.2 Å². The Hall–Kier alpha value is -2.14. The van der Waals surface area contributed by atoms with Crippen LogP contribution in [0.25, 0.3) is 5.69 Å². The highest BCUT2D eigenvalue weighted by molar-refractivity contribution is 6.29. The molecule has 6 heteroatoms. The molecule has 0 unspecified atom stereocenters. The summed E-state index contributed by atoms with van der Waals surface area (Å²) < 4.78 is 1.40. The van der Waals surface area contributed by atoms with Crippen LogP contribution in [0, 0.1) is 6.92 Å². The Morgan fingerprint density at radius 3 is 2.67 bits per heavy atom. The summed E-state index contributed by atoms with van der Waals surface area (Å²) in [4.78, 5) is 28.2. The van der Waals surface area contributed by atoms with Crippen LogP contribution < -0.4 is 5.56 Å². The summed E-state index contributed by atoms with van der Waals surface area (Å²) in [6.45, 7) is 4.90. The summed E-state index contributed by atoms with van der Waals surface area (Å²) >= 11 is 5.91. The molecule has 0 bridgehead atoms. The molecule has 21 heavy (non-hydrogen) atoms. The Morgan fingerprint density at radius 1 is 1.43 bits per heavy atom. The van der Waals surface area contributed by atoms with Gasteiger partial charge in [0.15, 0.2) is 5.78 Å². The fourth-order valence-electron chi connectivity index (χ4n) is 2.23. The molecular weight excluding hydrogens is 292 g/mol. The van der Waals surface area contributed by atoms with E-state index in [2.05, 4.69) is 4.98 Å². The number of aromatic hydroxyl groups is 1. The molecule has 0 fully saturated rings. The van der Waals surface area contributed by atoms with Crippen LogP contribution in [-0.4, -0.2) is 20.4 Å². The second-order valence-corrected chi connectivity index (χ2v) is 5.13. The molecule has 0 saturated heterocycles. The van der Waals surface area contributed by atoms with Crippen molar-refractivity contribution in [2.75, 3.05) is 0 Å². The Labute approximate surface area is 126 Å². The number of ketones is 1. The van der Waals surface area contributed by atoms with Crippen molar-refractivity contribution in [2.24, 2.45) is 0 Å². The highest BCUT2D eigenvalue weighted by Crippen LogP contribution is 2.22. The fourth-order valence-corrected chi connectivity index (χ4v) is 2.38. The van der Waals surface area contributed by atoms with Crippen LogP contribution in [0.5, 0.6) is 5.75 Å². The molecule has 0 spiro atoms. The van der Waals surface area contributed by atoms with E-state index in [9.17, 15) is 14.7 Å². The zero-order valence-corrected chi connectivity index (χ0v) is 12.7. The van der Waals surface area contributed by atoms with Gasteiger partial charge in [0.1, 0.15) is 16.5 Å². The third-order valence-corrected chi connectivity index (χ3v) is 3.47. The van der Waals surface area contributed by atoms with Crippen molar-refractivity contribution < 1.29 is 9.90 Å². The largest absolute Gasteiger partial charge is 0.507 e. The van der Waals surface area contributed by atoms with E-state index in [0.29, 0.717) is 17.8 Å². The molecule has 5 nitrogen and oxygen atoms in total. The Morgan fingerprint density at radius 2 is 2.10 bits per heavy atom. The van der Waals surface area contributed by atoms with E-state index in [1.807, 2.05) is 6.92 Å². The van der Waals surface area contributed by atoms with Gasteiger partial charge in [0, 0.05) is 18.0 Å². The number of carbonyl (C=O) groups is 1. The molecular formula is C15H15ClN2O3. The van der Waals surface area contributed by atoms with Crippen molar-refractivity contribution in [3.8, 4) is 11.4 Å². The SMILES string of the molecule is CCc1cc(O)c(C(C)=O)c(=O)n1-c1cc(Cl)ncc1C. The monoisotopic (exact) mass is 306 g/mol. The number of rotatable bonds is 3. The van der Waals surface area contributed by atoms with Gasteiger partial charge in [-0.05, 0) is 31.9 Å². The number of carbonyl (C=O) groups excluding carboxylic acids is 1. The Balaban J connectivity index is 2.91. The van der Waals surface area contributed by atoms with Crippen molar-refractivity contribution in [3.05, 3.63) is 50.7 Å². The zero-order chi connectivity index (χ0) is 15.7. The average Bonchev–Trinajstić information content (AvgIpc) is 2.41. The lowest BCUT2D eigenvalue weighted by atomic mass is 10.1. The van der Waals surface area contributed by atoms with Gasteiger partial charge in [0.05, 0.1) is 5.69 Å². The van der Waals surface area contributed by atoms with Gasteiger partial charge in [-0.2, -0.15) is 0 Å². The number of Topliss-reactive ketones (excluding diaryl/α,β-unsaturated/α-hetero) is 1. The normalized spacial score (nSPS) is 10.7. The lowest BCUT2D eigenvalue weighted by molar-refractivity contribution is 0.101. The van der Waals surface area contributed by atoms with Crippen LogP contribution in [0.3, 0.4) is 0 Å². The maximum absolute atomic E-state index is 12.6. The molecule has 2 aromatic heterocycles. The first-order valence-corrected chi connectivity index (χ1v) is 6.86. The molecule has 0 radical (unpaired) electrons. The molecule has 0 saturated carbocycles. The summed E-state index contributed by atoms with van der Waals surface area (Å²) in [5.74, 6) is -0.773. The summed E-state index contributed by atoms with van der Waals surface area (Å²) in [6, 6.07) is 3.00. The highest BCUT2D eigenvalue weighted by Gasteiger charge is 2.19. The minimum Gasteiger partial charge on any atom is -0.507 e. The van der Waals surface area contributed by atoms with Crippen LogP contribution in [-0.2, 0) is 6.42 Å². The van der Waals surface area contributed by atoms with Crippen LogP contribution in [0.1, 0.15) is 35.5 Å². The maximum atomic E-state index is 12.6. The van der Waals surface area contributed by atoms with Gasteiger partial charge in [0.2, 0.25) is 0 Å². The Kier molecular flexibility index (Phi) is 4.14. The predicted molar refractivity (Wildman–Crippen MR) is 80.6 cm³/mol. The number of aromatic nitrogens is 2. The number of nitrogens with zero attached hydrogens (tertiary/aromatic N) is 2. The topological polar surface area (TPSA) is 72.2 Å². The highest BCUT2D eigenvalue weighted by atomic mass is 35.5. The standard InChI is InChI=1S/C15H15ClN2O3/c1-4-10-5-12(20)14(9(3)19)15(21)18(10)11-6-13(16)17-7-8(11)2/h5-7,20H,4H2,1-3H3. The molecule has 0 aliphatic heterocycles. The average molecular weight is 307 g/mol. The summed E-state index contributed by atoms with van der Waals surface area (Å²) in [7, 11) is 0. The molecule has 110 valence electrons. The molecule has 0 aromatic carbocycles. The minimum atomic E-state index is -0.551. The first-order chi connectivity index (χ1) is 9.86. The fraction of sp³-hybridized carbons (Fsp3) is 0.267. The maximum Gasteiger partial charge on any atom is 0.269 e. The summed E-state index contributed by atoms with van der Waals surface area (Å²) in [5, 5.41) is 10.1. The van der Waals surface area contributed by atoms with Crippen LogP contribution in [0.15, 0.2) is 23.1 Å².